The van der Waals surface area contributed by atoms with Crippen LogP contribution in [0.25, 0.3) is 0 Å². The molecule has 0 bridgehead atoms. The lowest BCUT2D eigenvalue weighted by molar-refractivity contribution is 0.112. The average Bonchev–Trinajstić information content (AvgIpc) is 2.38. The van der Waals surface area contributed by atoms with Crippen molar-refractivity contribution in [2.24, 2.45) is 5.41 Å². The molecule has 1 aromatic rings. The van der Waals surface area contributed by atoms with Crippen molar-refractivity contribution >= 4 is 12.1 Å². The number of pyridine rings is 1. The van der Waals surface area contributed by atoms with Crippen molar-refractivity contribution in [3.63, 3.8) is 0 Å². The molecule has 1 aliphatic carbocycles. The second kappa shape index (κ2) is 5.09. The average molecular weight is 246 g/mol. The number of hydrogen-bond acceptors (Lipinski definition) is 3. The lowest BCUT2D eigenvalue weighted by Crippen LogP contribution is -2.37. The van der Waals surface area contributed by atoms with Crippen LogP contribution in [0.3, 0.4) is 0 Å². The summed E-state index contributed by atoms with van der Waals surface area (Å²) in [5.74, 6) is 0.963. The van der Waals surface area contributed by atoms with Crippen molar-refractivity contribution in [1.82, 2.24) is 4.98 Å². The highest BCUT2D eigenvalue weighted by Crippen LogP contribution is 2.37. The van der Waals surface area contributed by atoms with Gasteiger partial charge in [0.05, 0.1) is 0 Å². The van der Waals surface area contributed by atoms with Gasteiger partial charge in [0, 0.05) is 24.8 Å². The molecular formula is C15H22N2O. The van der Waals surface area contributed by atoms with Gasteiger partial charge in [0.25, 0.3) is 0 Å². The van der Waals surface area contributed by atoms with E-state index in [-0.39, 0.29) is 0 Å². The Morgan fingerprint density at radius 2 is 2.00 bits per heavy atom. The molecule has 0 aromatic carbocycles. The molecule has 0 saturated heterocycles. The molecule has 3 heteroatoms. The summed E-state index contributed by atoms with van der Waals surface area (Å²) < 4.78 is 0. The first-order chi connectivity index (χ1) is 8.52. The molecule has 98 valence electrons. The maximum Gasteiger partial charge on any atom is 0.151 e. The van der Waals surface area contributed by atoms with Gasteiger partial charge < -0.3 is 4.90 Å². The second-order valence-electron chi connectivity index (χ2n) is 6.07. The van der Waals surface area contributed by atoms with Crippen LogP contribution >= 0.6 is 0 Å². The third-order valence-corrected chi connectivity index (χ3v) is 4.12. The highest BCUT2D eigenvalue weighted by Gasteiger charge is 2.29. The van der Waals surface area contributed by atoms with Gasteiger partial charge in [-0.3, -0.25) is 4.79 Å². The summed E-state index contributed by atoms with van der Waals surface area (Å²) in [6, 6.07) is 4.34. The van der Waals surface area contributed by atoms with Gasteiger partial charge in [-0.2, -0.15) is 0 Å². The van der Waals surface area contributed by atoms with Crippen molar-refractivity contribution < 1.29 is 4.79 Å². The first-order valence-corrected chi connectivity index (χ1v) is 6.66. The van der Waals surface area contributed by atoms with E-state index in [0.29, 0.717) is 17.0 Å². The second-order valence-corrected chi connectivity index (χ2v) is 6.07. The number of hydrogen-bond donors (Lipinski definition) is 0. The number of aromatic nitrogens is 1. The molecule has 0 unspecified atom stereocenters. The molecule has 1 aliphatic rings. The Bertz CT molecular complexity index is 401. The van der Waals surface area contributed by atoms with Crippen molar-refractivity contribution in [2.75, 3.05) is 11.9 Å². The van der Waals surface area contributed by atoms with E-state index in [9.17, 15) is 4.79 Å². The molecule has 1 saturated carbocycles. The Morgan fingerprint density at radius 3 is 2.50 bits per heavy atom. The van der Waals surface area contributed by atoms with Crippen molar-refractivity contribution in [2.45, 2.75) is 45.6 Å². The van der Waals surface area contributed by atoms with E-state index in [2.05, 4.69) is 30.8 Å². The maximum absolute atomic E-state index is 10.6. The minimum absolute atomic E-state index is 0.492. The summed E-state index contributed by atoms with van der Waals surface area (Å²) >= 11 is 0. The normalized spacial score (nSPS) is 19.5. The summed E-state index contributed by atoms with van der Waals surface area (Å²) in [5, 5.41) is 0. The SMILES string of the molecule is CN(c1ccc(C=O)cn1)C1CCC(C)(C)CC1. The molecule has 0 spiro atoms. The zero-order valence-corrected chi connectivity index (χ0v) is 11.5. The van der Waals surface area contributed by atoms with E-state index < -0.39 is 0 Å². The Balaban J connectivity index is 2.02. The zero-order chi connectivity index (χ0) is 13.2. The third kappa shape index (κ3) is 2.89. The molecule has 1 aromatic heterocycles. The Hall–Kier alpha value is -1.38. The summed E-state index contributed by atoms with van der Waals surface area (Å²) in [5.41, 5.74) is 1.13. The predicted octanol–water partition coefficient (Wildman–Crippen LogP) is 3.30. The van der Waals surface area contributed by atoms with Crippen LogP contribution < -0.4 is 4.90 Å². The standard InChI is InChI=1S/C15H22N2O/c1-15(2)8-6-13(7-9-15)17(3)14-5-4-12(11-18)10-16-14/h4-5,10-11,13H,6-9H2,1-3H3. The van der Waals surface area contributed by atoms with Crippen molar-refractivity contribution in [3.05, 3.63) is 23.9 Å². The van der Waals surface area contributed by atoms with Gasteiger partial charge >= 0.3 is 0 Å². The molecule has 1 fully saturated rings. The fraction of sp³-hybridized carbons (Fsp3) is 0.600. The topological polar surface area (TPSA) is 33.2 Å². The molecule has 0 radical (unpaired) electrons. The quantitative estimate of drug-likeness (QED) is 0.767. The number of anilines is 1. The highest BCUT2D eigenvalue weighted by molar-refractivity contribution is 5.74. The van der Waals surface area contributed by atoms with Crippen molar-refractivity contribution in [1.29, 1.82) is 0 Å². The summed E-state index contributed by atoms with van der Waals surface area (Å²) in [6.45, 7) is 4.70. The molecular weight excluding hydrogens is 224 g/mol. The monoisotopic (exact) mass is 246 g/mol. The number of nitrogens with zero attached hydrogens (tertiary/aromatic N) is 2. The van der Waals surface area contributed by atoms with Gasteiger partial charge in [-0.25, -0.2) is 4.98 Å². The van der Waals surface area contributed by atoms with Crippen LogP contribution in [0.15, 0.2) is 18.3 Å². The summed E-state index contributed by atoms with van der Waals surface area (Å²) in [7, 11) is 2.10. The number of aldehydes is 1. The fourth-order valence-electron chi connectivity index (χ4n) is 2.63. The zero-order valence-electron chi connectivity index (χ0n) is 11.5. The fourth-order valence-corrected chi connectivity index (χ4v) is 2.63. The van der Waals surface area contributed by atoms with E-state index in [4.69, 9.17) is 0 Å². The minimum atomic E-state index is 0.492. The molecule has 0 N–H and O–H groups in total. The third-order valence-electron chi connectivity index (χ3n) is 4.12. The molecule has 0 aliphatic heterocycles. The highest BCUT2D eigenvalue weighted by atomic mass is 16.1. The molecule has 18 heavy (non-hydrogen) atoms. The van der Waals surface area contributed by atoms with Gasteiger partial charge in [-0.1, -0.05) is 13.8 Å². The predicted molar refractivity (Wildman–Crippen MR) is 74.1 cm³/mol. The van der Waals surface area contributed by atoms with Crippen LogP contribution in [-0.4, -0.2) is 24.4 Å². The number of carbonyl (C=O) groups excluding carboxylic acids is 1. The van der Waals surface area contributed by atoms with E-state index in [1.54, 1.807) is 6.20 Å². The molecule has 0 atom stereocenters. The maximum atomic E-state index is 10.6. The molecule has 1 heterocycles. The minimum Gasteiger partial charge on any atom is -0.357 e. The van der Waals surface area contributed by atoms with Crippen LogP contribution in [0.2, 0.25) is 0 Å². The van der Waals surface area contributed by atoms with E-state index in [1.807, 2.05) is 12.1 Å². The Morgan fingerprint density at radius 1 is 1.33 bits per heavy atom. The lowest BCUT2D eigenvalue weighted by atomic mass is 9.75. The molecule has 3 nitrogen and oxygen atoms in total. The van der Waals surface area contributed by atoms with E-state index in [1.165, 1.54) is 25.7 Å². The Kier molecular flexibility index (Phi) is 3.69. The van der Waals surface area contributed by atoms with E-state index >= 15 is 0 Å². The van der Waals surface area contributed by atoms with Gasteiger partial charge in [0.15, 0.2) is 6.29 Å². The van der Waals surface area contributed by atoms with Crippen molar-refractivity contribution in [3.8, 4) is 0 Å². The van der Waals surface area contributed by atoms with Crippen LogP contribution in [0, 0.1) is 5.41 Å². The first kappa shape index (κ1) is 13.1. The van der Waals surface area contributed by atoms with Crippen LogP contribution in [0.5, 0.6) is 0 Å². The number of rotatable bonds is 3. The first-order valence-electron chi connectivity index (χ1n) is 6.66. The van der Waals surface area contributed by atoms with Gasteiger partial charge in [0.2, 0.25) is 0 Å². The van der Waals surface area contributed by atoms with Crippen LogP contribution in [0.4, 0.5) is 5.82 Å². The largest absolute Gasteiger partial charge is 0.357 e. The van der Waals surface area contributed by atoms with Gasteiger partial charge in [0.1, 0.15) is 5.82 Å². The smallest absolute Gasteiger partial charge is 0.151 e. The van der Waals surface area contributed by atoms with Gasteiger partial charge in [-0.05, 0) is 43.2 Å². The lowest BCUT2D eigenvalue weighted by Gasteiger charge is -2.39. The Labute approximate surface area is 109 Å². The molecule has 2 rings (SSSR count). The van der Waals surface area contributed by atoms with Crippen LogP contribution in [-0.2, 0) is 0 Å². The summed E-state index contributed by atoms with van der Waals surface area (Å²) in [6.07, 6.45) is 7.47. The summed E-state index contributed by atoms with van der Waals surface area (Å²) in [4.78, 5) is 17.2. The number of carbonyl (C=O) groups is 1. The molecule has 0 amide bonds. The van der Waals surface area contributed by atoms with Crippen LogP contribution in [0.1, 0.15) is 49.9 Å². The van der Waals surface area contributed by atoms with E-state index in [0.717, 1.165) is 12.1 Å². The van der Waals surface area contributed by atoms with Gasteiger partial charge in [-0.15, -0.1) is 0 Å².